The maximum absolute atomic E-state index is 11.8. The van der Waals surface area contributed by atoms with E-state index in [9.17, 15) is 14.7 Å². The molecule has 0 radical (unpaired) electrons. The number of carbonyl (C=O) groups is 2. The molecule has 0 fully saturated rings. The van der Waals surface area contributed by atoms with Crippen molar-refractivity contribution in [3.05, 3.63) is 35.9 Å². The van der Waals surface area contributed by atoms with Gasteiger partial charge in [-0.25, -0.2) is 9.59 Å². The van der Waals surface area contributed by atoms with E-state index >= 15 is 0 Å². The molecule has 1 rings (SSSR count). The maximum atomic E-state index is 11.8. The number of carboxylic acid groups (broad SMARTS) is 1. The average molecular weight is 312 g/mol. The fourth-order valence-electron chi connectivity index (χ4n) is 1.65. The molecule has 0 aliphatic heterocycles. The van der Waals surface area contributed by atoms with Crippen molar-refractivity contribution in [1.29, 1.82) is 0 Å². The number of thioether (sulfide) groups is 1. The molecule has 0 saturated carbocycles. The Balaban J connectivity index is 2.54. The van der Waals surface area contributed by atoms with Gasteiger partial charge in [0.25, 0.3) is 0 Å². The number of rotatable bonds is 9. The Kier molecular flexibility index (Phi) is 7.85. The summed E-state index contributed by atoms with van der Waals surface area (Å²) in [6.07, 6.45) is -1.45. The number of carboxylic acids is 1. The molecule has 0 amide bonds. The Morgan fingerprint density at radius 3 is 2.48 bits per heavy atom. The fraction of sp³-hybridized carbons (Fsp3) is 0.467. The number of esters is 1. The van der Waals surface area contributed by atoms with Crippen molar-refractivity contribution in [2.24, 2.45) is 0 Å². The van der Waals surface area contributed by atoms with E-state index in [0.29, 0.717) is 11.3 Å². The molecular formula is C15H20O5S. The first-order chi connectivity index (χ1) is 10.1. The Bertz CT molecular complexity index is 449. The van der Waals surface area contributed by atoms with E-state index in [4.69, 9.17) is 9.84 Å². The number of aliphatic carboxylic acids is 1. The molecule has 1 aromatic rings. The van der Waals surface area contributed by atoms with Crippen LogP contribution in [0.1, 0.15) is 31.4 Å². The third kappa shape index (κ3) is 6.18. The summed E-state index contributed by atoms with van der Waals surface area (Å²) < 4.78 is 4.91. The highest BCUT2D eigenvalue weighted by molar-refractivity contribution is 7.99. The lowest BCUT2D eigenvalue weighted by Crippen LogP contribution is -2.30. The van der Waals surface area contributed by atoms with E-state index in [1.807, 2.05) is 6.92 Å². The lowest BCUT2D eigenvalue weighted by molar-refractivity contribution is -0.170. The van der Waals surface area contributed by atoms with E-state index in [1.54, 1.807) is 42.1 Å². The van der Waals surface area contributed by atoms with Crippen molar-refractivity contribution in [1.82, 2.24) is 0 Å². The molecule has 116 valence electrons. The summed E-state index contributed by atoms with van der Waals surface area (Å²) in [5, 5.41) is 18.9. The number of hydrogen-bond acceptors (Lipinski definition) is 5. The van der Waals surface area contributed by atoms with Gasteiger partial charge in [-0.2, -0.15) is 11.8 Å². The summed E-state index contributed by atoms with van der Waals surface area (Å²) in [5.41, 5.74) is 0.381. The summed E-state index contributed by atoms with van der Waals surface area (Å²) in [4.78, 5) is 22.9. The molecule has 1 aromatic carbocycles. The van der Waals surface area contributed by atoms with Crippen LogP contribution in [-0.2, 0) is 14.3 Å². The fourth-order valence-corrected chi connectivity index (χ4v) is 2.52. The first kappa shape index (κ1) is 17.5. The van der Waals surface area contributed by atoms with Crippen molar-refractivity contribution in [3.8, 4) is 0 Å². The van der Waals surface area contributed by atoms with E-state index < -0.39 is 24.1 Å². The summed E-state index contributed by atoms with van der Waals surface area (Å²) in [5.74, 6) is -0.596. The van der Waals surface area contributed by atoms with Gasteiger partial charge in [0.15, 0.2) is 12.2 Å². The third-order valence-corrected chi connectivity index (χ3v) is 3.97. The molecule has 21 heavy (non-hydrogen) atoms. The van der Waals surface area contributed by atoms with Gasteiger partial charge in [-0.05, 0) is 23.5 Å². The molecule has 0 aromatic heterocycles. The summed E-state index contributed by atoms with van der Waals surface area (Å²) >= 11 is 1.61. The number of aliphatic hydroxyl groups excluding tert-OH is 1. The Hall–Kier alpha value is -1.53. The van der Waals surface area contributed by atoms with Crippen molar-refractivity contribution in [2.45, 2.75) is 32.0 Å². The first-order valence-electron chi connectivity index (χ1n) is 6.80. The standard InChI is InChI=1S/C15H20O5S/c1-2-9-21-10-8-12(14(17)18)20-15(19)13(16)11-6-4-3-5-7-11/h3-7,12-13,16H,2,8-10H2,1H3,(H,17,18). The van der Waals surface area contributed by atoms with Gasteiger partial charge in [-0.15, -0.1) is 0 Å². The molecule has 2 N–H and O–H groups in total. The van der Waals surface area contributed by atoms with Crippen LogP contribution in [0.5, 0.6) is 0 Å². The van der Waals surface area contributed by atoms with Crippen LogP contribution in [0.3, 0.4) is 0 Å². The van der Waals surface area contributed by atoms with Gasteiger partial charge in [-0.1, -0.05) is 37.3 Å². The smallest absolute Gasteiger partial charge is 0.345 e. The third-order valence-electron chi connectivity index (χ3n) is 2.75. The van der Waals surface area contributed by atoms with Gasteiger partial charge in [-0.3, -0.25) is 0 Å². The van der Waals surface area contributed by atoms with Gasteiger partial charge in [0.1, 0.15) is 0 Å². The zero-order chi connectivity index (χ0) is 15.7. The Labute approximate surface area is 128 Å². The molecule has 2 unspecified atom stereocenters. The van der Waals surface area contributed by atoms with Gasteiger partial charge < -0.3 is 14.9 Å². The molecule has 0 spiro atoms. The lowest BCUT2D eigenvalue weighted by atomic mass is 10.1. The number of ether oxygens (including phenoxy) is 1. The second kappa shape index (κ2) is 9.41. The van der Waals surface area contributed by atoms with E-state index in [1.165, 1.54) is 0 Å². The second-order valence-electron chi connectivity index (χ2n) is 4.48. The quantitative estimate of drug-likeness (QED) is 0.537. The zero-order valence-electron chi connectivity index (χ0n) is 11.9. The normalized spacial score (nSPS) is 13.4. The largest absolute Gasteiger partial charge is 0.479 e. The monoisotopic (exact) mass is 312 g/mol. The van der Waals surface area contributed by atoms with Gasteiger partial charge >= 0.3 is 11.9 Å². The van der Waals surface area contributed by atoms with Crippen LogP contribution in [0.4, 0.5) is 0 Å². The minimum absolute atomic E-state index is 0.229. The molecule has 2 atom stereocenters. The minimum Gasteiger partial charge on any atom is -0.479 e. The van der Waals surface area contributed by atoms with Crippen LogP contribution in [0.25, 0.3) is 0 Å². The predicted octanol–water partition coefficient (Wildman–Crippen LogP) is 2.25. The van der Waals surface area contributed by atoms with E-state index in [0.717, 1.165) is 12.2 Å². The zero-order valence-corrected chi connectivity index (χ0v) is 12.7. The van der Waals surface area contributed by atoms with Crippen molar-refractivity contribution in [2.75, 3.05) is 11.5 Å². The van der Waals surface area contributed by atoms with Crippen LogP contribution in [0.2, 0.25) is 0 Å². The second-order valence-corrected chi connectivity index (χ2v) is 5.70. The highest BCUT2D eigenvalue weighted by Gasteiger charge is 2.26. The van der Waals surface area contributed by atoms with Crippen molar-refractivity contribution >= 4 is 23.7 Å². The molecule has 0 heterocycles. The molecule has 0 bridgehead atoms. The van der Waals surface area contributed by atoms with E-state index in [-0.39, 0.29) is 6.42 Å². The number of hydrogen-bond donors (Lipinski definition) is 2. The van der Waals surface area contributed by atoms with Crippen LogP contribution in [0, 0.1) is 0 Å². The molecule has 0 aliphatic rings. The van der Waals surface area contributed by atoms with E-state index in [2.05, 4.69) is 0 Å². The van der Waals surface area contributed by atoms with Gasteiger partial charge in [0, 0.05) is 6.42 Å². The predicted molar refractivity (Wildman–Crippen MR) is 81.2 cm³/mol. The Morgan fingerprint density at radius 1 is 1.24 bits per heavy atom. The summed E-state index contributed by atoms with van der Waals surface area (Å²) in [7, 11) is 0. The molecule has 5 nitrogen and oxygen atoms in total. The van der Waals surface area contributed by atoms with Crippen molar-refractivity contribution < 1.29 is 24.5 Å². The minimum atomic E-state index is -1.46. The van der Waals surface area contributed by atoms with Crippen LogP contribution >= 0.6 is 11.8 Å². The number of aliphatic hydroxyl groups is 1. The van der Waals surface area contributed by atoms with Crippen LogP contribution in [0.15, 0.2) is 30.3 Å². The molecular weight excluding hydrogens is 292 g/mol. The molecule has 6 heteroatoms. The first-order valence-corrected chi connectivity index (χ1v) is 7.95. The Morgan fingerprint density at radius 2 is 1.90 bits per heavy atom. The average Bonchev–Trinajstić information content (AvgIpc) is 2.50. The highest BCUT2D eigenvalue weighted by Crippen LogP contribution is 2.16. The molecule has 0 aliphatic carbocycles. The lowest BCUT2D eigenvalue weighted by Gasteiger charge is -2.16. The number of benzene rings is 1. The van der Waals surface area contributed by atoms with Crippen molar-refractivity contribution in [3.63, 3.8) is 0 Å². The maximum Gasteiger partial charge on any atom is 0.345 e. The summed E-state index contributed by atoms with van der Waals surface area (Å²) in [6.45, 7) is 2.04. The highest BCUT2D eigenvalue weighted by atomic mass is 32.2. The van der Waals surface area contributed by atoms with Gasteiger partial charge in [0.2, 0.25) is 0 Å². The van der Waals surface area contributed by atoms with Crippen LogP contribution in [-0.4, -0.2) is 39.8 Å². The topological polar surface area (TPSA) is 83.8 Å². The SMILES string of the molecule is CCCSCCC(OC(=O)C(O)c1ccccc1)C(=O)O. The van der Waals surface area contributed by atoms with Crippen LogP contribution < -0.4 is 0 Å². The molecule has 0 saturated heterocycles. The summed E-state index contributed by atoms with van der Waals surface area (Å²) in [6, 6.07) is 8.29. The van der Waals surface area contributed by atoms with Gasteiger partial charge in [0.05, 0.1) is 0 Å². The number of carbonyl (C=O) groups excluding carboxylic acids is 1.